The summed E-state index contributed by atoms with van der Waals surface area (Å²) in [6, 6.07) is 5.00. The summed E-state index contributed by atoms with van der Waals surface area (Å²) in [5, 5.41) is 19.5. The van der Waals surface area contributed by atoms with Crippen molar-refractivity contribution in [1.29, 1.82) is 0 Å². The van der Waals surface area contributed by atoms with Crippen molar-refractivity contribution in [2.24, 2.45) is 0 Å². The molecule has 4 heteroatoms. The van der Waals surface area contributed by atoms with Gasteiger partial charge in [-0.2, -0.15) is 0 Å². The molecule has 0 saturated heterocycles. The highest BCUT2D eigenvalue weighted by Crippen LogP contribution is 2.20. The van der Waals surface area contributed by atoms with E-state index < -0.39 is 4.92 Å². The van der Waals surface area contributed by atoms with Crippen molar-refractivity contribution in [3.8, 4) is 0 Å². The average molecular weight is 207 g/mol. The lowest BCUT2D eigenvalue weighted by atomic mass is 10.1. The van der Waals surface area contributed by atoms with Crippen LogP contribution >= 0.6 is 0 Å². The molecule has 0 fully saturated rings. The maximum atomic E-state index is 10.7. The van der Waals surface area contributed by atoms with Gasteiger partial charge in [-0.05, 0) is 25.0 Å². The highest BCUT2D eigenvalue weighted by molar-refractivity contribution is 5.58. The fourth-order valence-electron chi connectivity index (χ4n) is 1.24. The topological polar surface area (TPSA) is 63.4 Å². The Morgan fingerprint density at radius 1 is 1.60 bits per heavy atom. The van der Waals surface area contributed by atoms with Crippen LogP contribution in [-0.4, -0.2) is 16.6 Å². The Labute approximate surface area is 88.0 Å². The summed E-state index contributed by atoms with van der Waals surface area (Å²) in [5.74, 6) is 0. The van der Waals surface area contributed by atoms with E-state index in [0.29, 0.717) is 5.56 Å². The normalized spacial score (nSPS) is 11.5. The van der Waals surface area contributed by atoms with Gasteiger partial charge in [0, 0.05) is 11.6 Å². The van der Waals surface area contributed by atoms with Crippen molar-refractivity contribution in [2.75, 3.05) is 6.61 Å². The van der Waals surface area contributed by atoms with Crippen LogP contribution in [0.25, 0.3) is 6.08 Å². The summed E-state index contributed by atoms with van der Waals surface area (Å²) < 4.78 is 0. The molecule has 0 aromatic heterocycles. The van der Waals surface area contributed by atoms with Crippen LogP contribution in [0.4, 0.5) is 5.69 Å². The largest absolute Gasteiger partial charge is 0.392 e. The first-order valence-electron chi connectivity index (χ1n) is 4.57. The van der Waals surface area contributed by atoms with E-state index in [1.165, 1.54) is 6.07 Å². The molecule has 0 aliphatic rings. The zero-order valence-corrected chi connectivity index (χ0v) is 8.73. The highest BCUT2D eigenvalue weighted by atomic mass is 16.6. The molecule has 0 unspecified atom stereocenters. The molecular formula is C11H13NO3. The number of aliphatic hydroxyl groups excluding tert-OH is 1. The first-order valence-corrected chi connectivity index (χ1v) is 4.57. The van der Waals surface area contributed by atoms with Gasteiger partial charge in [0.2, 0.25) is 0 Å². The second kappa shape index (κ2) is 4.70. The van der Waals surface area contributed by atoms with E-state index in [0.717, 1.165) is 11.1 Å². The van der Waals surface area contributed by atoms with Gasteiger partial charge in [-0.15, -0.1) is 0 Å². The van der Waals surface area contributed by atoms with E-state index in [1.807, 2.05) is 0 Å². The molecule has 80 valence electrons. The molecule has 0 radical (unpaired) electrons. The lowest BCUT2D eigenvalue weighted by Crippen LogP contribution is -1.92. The molecule has 0 spiro atoms. The highest BCUT2D eigenvalue weighted by Gasteiger charge is 2.09. The molecule has 0 amide bonds. The number of rotatable bonds is 3. The van der Waals surface area contributed by atoms with Crippen molar-refractivity contribution in [3.05, 3.63) is 45.0 Å². The van der Waals surface area contributed by atoms with Gasteiger partial charge < -0.3 is 5.11 Å². The Kier molecular flexibility index (Phi) is 3.57. The zero-order valence-electron chi connectivity index (χ0n) is 8.73. The van der Waals surface area contributed by atoms with E-state index in [4.69, 9.17) is 5.11 Å². The van der Waals surface area contributed by atoms with Gasteiger partial charge in [-0.1, -0.05) is 18.2 Å². The van der Waals surface area contributed by atoms with E-state index in [9.17, 15) is 10.1 Å². The second-order valence-electron chi connectivity index (χ2n) is 3.45. The first-order chi connectivity index (χ1) is 7.04. The smallest absolute Gasteiger partial charge is 0.272 e. The van der Waals surface area contributed by atoms with E-state index in [1.54, 1.807) is 32.1 Å². The van der Waals surface area contributed by atoms with E-state index >= 15 is 0 Å². The van der Waals surface area contributed by atoms with Gasteiger partial charge in [0.1, 0.15) is 0 Å². The molecule has 0 aliphatic heterocycles. The molecule has 1 rings (SSSR count). The Bertz CT molecular complexity index is 410. The third kappa shape index (κ3) is 2.89. The Hall–Kier alpha value is -1.68. The molecule has 4 nitrogen and oxygen atoms in total. The molecule has 0 bridgehead atoms. The minimum atomic E-state index is -0.402. The van der Waals surface area contributed by atoms with E-state index in [2.05, 4.69) is 0 Å². The molecule has 0 saturated carbocycles. The third-order valence-corrected chi connectivity index (χ3v) is 2.09. The van der Waals surface area contributed by atoms with Crippen molar-refractivity contribution >= 4 is 11.8 Å². The summed E-state index contributed by atoms with van der Waals surface area (Å²) in [5.41, 5.74) is 2.25. The summed E-state index contributed by atoms with van der Waals surface area (Å²) in [6.07, 6.45) is 1.73. The van der Waals surface area contributed by atoms with Crippen LogP contribution in [0.15, 0.2) is 23.8 Å². The van der Waals surface area contributed by atoms with Crippen LogP contribution in [0.5, 0.6) is 0 Å². The predicted octanol–water partition coefficient (Wildman–Crippen LogP) is 2.30. The predicted molar refractivity (Wildman–Crippen MR) is 58.6 cm³/mol. The molecule has 0 atom stereocenters. The Morgan fingerprint density at radius 3 is 2.80 bits per heavy atom. The van der Waals surface area contributed by atoms with Crippen LogP contribution < -0.4 is 0 Å². The SMILES string of the molecule is CC(=Cc1ccc(C)c([N+](=O)[O-])c1)CO. The number of benzene rings is 1. The van der Waals surface area contributed by atoms with Crippen LogP contribution in [0, 0.1) is 17.0 Å². The number of nitro benzene ring substituents is 1. The molecule has 1 aromatic carbocycles. The molecule has 1 aromatic rings. The quantitative estimate of drug-likeness (QED) is 0.611. The first kappa shape index (κ1) is 11.4. The van der Waals surface area contributed by atoms with Crippen molar-refractivity contribution in [1.82, 2.24) is 0 Å². The third-order valence-electron chi connectivity index (χ3n) is 2.09. The van der Waals surface area contributed by atoms with Gasteiger partial charge >= 0.3 is 0 Å². The second-order valence-corrected chi connectivity index (χ2v) is 3.45. The van der Waals surface area contributed by atoms with Crippen molar-refractivity contribution < 1.29 is 10.0 Å². The molecule has 1 N–H and O–H groups in total. The van der Waals surface area contributed by atoms with Crippen molar-refractivity contribution in [3.63, 3.8) is 0 Å². The van der Waals surface area contributed by atoms with Gasteiger partial charge in [0.15, 0.2) is 0 Å². The monoisotopic (exact) mass is 207 g/mol. The molecule has 15 heavy (non-hydrogen) atoms. The lowest BCUT2D eigenvalue weighted by Gasteiger charge is -2.00. The molecular weight excluding hydrogens is 194 g/mol. The van der Waals surface area contributed by atoms with Crippen LogP contribution in [-0.2, 0) is 0 Å². The fourth-order valence-corrected chi connectivity index (χ4v) is 1.24. The number of aliphatic hydroxyl groups is 1. The van der Waals surface area contributed by atoms with Gasteiger partial charge in [-0.25, -0.2) is 0 Å². The van der Waals surface area contributed by atoms with Crippen LogP contribution in [0.3, 0.4) is 0 Å². The summed E-state index contributed by atoms with van der Waals surface area (Å²) in [4.78, 5) is 10.3. The van der Waals surface area contributed by atoms with Gasteiger partial charge in [0.05, 0.1) is 11.5 Å². The Morgan fingerprint density at radius 2 is 2.27 bits per heavy atom. The Balaban J connectivity index is 3.13. The number of aryl methyl sites for hydroxylation is 1. The van der Waals surface area contributed by atoms with E-state index in [-0.39, 0.29) is 12.3 Å². The van der Waals surface area contributed by atoms with Crippen LogP contribution in [0.2, 0.25) is 0 Å². The summed E-state index contributed by atoms with van der Waals surface area (Å²) in [6.45, 7) is 3.43. The van der Waals surface area contributed by atoms with Crippen molar-refractivity contribution in [2.45, 2.75) is 13.8 Å². The maximum absolute atomic E-state index is 10.7. The standard InChI is InChI=1S/C11H13NO3/c1-8(7-13)5-10-4-3-9(2)11(6-10)12(14)15/h3-6,13H,7H2,1-2H3. The number of nitrogens with zero attached hydrogens (tertiary/aromatic N) is 1. The number of hydrogen-bond donors (Lipinski definition) is 1. The number of nitro groups is 1. The average Bonchev–Trinajstić information content (AvgIpc) is 2.20. The summed E-state index contributed by atoms with van der Waals surface area (Å²) >= 11 is 0. The lowest BCUT2D eigenvalue weighted by molar-refractivity contribution is -0.385. The molecule has 0 aliphatic carbocycles. The molecule has 0 heterocycles. The van der Waals surface area contributed by atoms with Gasteiger partial charge in [-0.3, -0.25) is 10.1 Å². The minimum absolute atomic E-state index is 0.0400. The minimum Gasteiger partial charge on any atom is -0.392 e. The van der Waals surface area contributed by atoms with Crippen LogP contribution in [0.1, 0.15) is 18.1 Å². The maximum Gasteiger partial charge on any atom is 0.272 e. The summed E-state index contributed by atoms with van der Waals surface area (Å²) in [7, 11) is 0. The number of hydrogen-bond acceptors (Lipinski definition) is 3. The fraction of sp³-hybridized carbons (Fsp3) is 0.273. The zero-order chi connectivity index (χ0) is 11.4. The van der Waals surface area contributed by atoms with Gasteiger partial charge in [0.25, 0.3) is 5.69 Å².